The Morgan fingerprint density at radius 1 is 1.22 bits per heavy atom. The van der Waals surface area contributed by atoms with Crippen LogP contribution in [0.4, 0.5) is 11.4 Å². The Balaban J connectivity index is 2.32. The molecule has 0 aliphatic heterocycles. The van der Waals surface area contributed by atoms with Gasteiger partial charge in [0, 0.05) is 0 Å². The second-order valence-electron chi connectivity index (χ2n) is 3.65. The first-order chi connectivity index (χ1) is 8.72. The van der Waals surface area contributed by atoms with E-state index in [-0.39, 0.29) is 11.2 Å². The molecule has 2 N–H and O–H groups in total. The summed E-state index contributed by atoms with van der Waals surface area (Å²) in [5.41, 5.74) is 1.24. The number of benzene rings is 1. The van der Waals surface area contributed by atoms with Gasteiger partial charge in [-0.1, -0.05) is 12.1 Å². The highest BCUT2D eigenvalue weighted by atomic mass is 16.5. The zero-order chi connectivity index (χ0) is 13.0. The molecule has 6 nitrogen and oxygen atoms in total. The van der Waals surface area contributed by atoms with Gasteiger partial charge in [0.15, 0.2) is 5.69 Å². The van der Waals surface area contributed by atoms with Crippen molar-refractivity contribution in [3.8, 4) is 5.75 Å². The lowest BCUT2D eigenvalue weighted by molar-refractivity contribution is 0.341. The van der Waals surface area contributed by atoms with E-state index in [1.54, 1.807) is 13.0 Å². The van der Waals surface area contributed by atoms with Gasteiger partial charge in [-0.25, -0.2) is 0 Å². The first-order valence-electron chi connectivity index (χ1n) is 5.63. The van der Waals surface area contributed by atoms with Gasteiger partial charge in [0.05, 0.1) is 12.3 Å². The number of ether oxygens (including phenoxy) is 1. The Hall–Kier alpha value is -2.37. The van der Waals surface area contributed by atoms with Crippen LogP contribution < -0.4 is 10.3 Å². The summed E-state index contributed by atoms with van der Waals surface area (Å²) in [6.07, 6.45) is 0. The molecule has 0 aliphatic carbocycles. The Bertz CT molecular complexity index is 613. The largest absolute Gasteiger partial charge is 0.492 e. The van der Waals surface area contributed by atoms with Gasteiger partial charge in [-0.2, -0.15) is 0 Å². The van der Waals surface area contributed by atoms with E-state index in [9.17, 15) is 4.79 Å². The van der Waals surface area contributed by atoms with E-state index in [0.717, 1.165) is 0 Å². The van der Waals surface area contributed by atoms with Crippen molar-refractivity contribution in [2.75, 3.05) is 6.61 Å². The van der Waals surface area contributed by atoms with E-state index in [0.29, 0.717) is 23.7 Å². The van der Waals surface area contributed by atoms with Crippen LogP contribution in [0, 0.1) is 6.92 Å². The van der Waals surface area contributed by atoms with Crippen LogP contribution in [-0.4, -0.2) is 16.8 Å². The Labute approximate surface area is 104 Å². The van der Waals surface area contributed by atoms with E-state index in [4.69, 9.17) is 4.74 Å². The smallest absolute Gasteiger partial charge is 0.291 e. The second kappa shape index (κ2) is 5.31. The fourth-order valence-electron chi connectivity index (χ4n) is 1.48. The average Bonchev–Trinajstić information content (AvgIpc) is 2.69. The van der Waals surface area contributed by atoms with E-state index in [1.165, 1.54) is 0 Å². The van der Waals surface area contributed by atoms with Gasteiger partial charge in [0.25, 0.3) is 5.56 Å². The van der Waals surface area contributed by atoms with Gasteiger partial charge in [-0.15, -0.1) is 10.2 Å². The van der Waals surface area contributed by atoms with Crippen LogP contribution in [0.5, 0.6) is 5.75 Å². The number of para-hydroxylation sites is 1. The van der Waals surface area contributed by atoms with E-state index in [1.807, 2.05) is 25.1 Å². The van der Waals surface area contributed by atoms with Crippen LogP contribution in [-0.2, 0) is 0 Å². The third kappa shape index (κ3) is 2.48. The van der Waals surface area contributed by atoms with Gasteiger partial charge in [0.2, 0.25) is 0 Å². The van der Waals surface area contributed by atoms with Crippen molar-refractivity contribution in [2.45, 2.75) is 13.8 Å². The summed E-state index contributed by atoms with van der Waals surface area (Å²) in [6, 6.07) is 7.29. The average molecular weight is 246 g/mol. The molecule has 0 saturated heterocycles. The number of nitrogens with one attached hydrogen (secondary N) is 2. The minimum Gasteiger partial charge on any atom is -0.492 e. The third-order valence-corrected chi connectivity index (χ3v) is 2.36. The predicted molar refractivity (Wildman–Crippen MR) is 67.9 cm³/mol. The molecule has 2 aromatic rings. The zero-order valence-corrected chi connectivity index (χ0v) is 10.2. The van der Waals surface area contributed by atoms with Crippen molar-refractivity contribution >= 4 is 11.4 Å². The maximum Gasteiger partial charge on any atom is 0.291 e. The normalized spacial score (nSPS) is 11.0. The lowest BCUT2D eigenvalue weighted by Crippen LogP contribution is -1.96. The molecule has 0 atom stereocenters. The highest BCUT2D eigenvalue weighted by Gasteiger charge is 2.05. The van der Waals surface area contributed by atoms with Crippen molar-refractivity contribution in [3.63, 3.8) is 0 Å². The number of rotatable bonds is 4. The molecule has 0 saturated carbocycles. The molecule has 0 unspecified atom stereocenters. The summed E-state index contributed by atoms with van der Waals surface area (Å²) < 4.78 is 5.42. The maximum atomic E-state index is 11.4. The molecule has 6 heteroatoms. The van der Waals surface area contributed by atoms with Crippen molar-refractivity contribution in [2.24, 2.45) is 10.2 Å². The Morgan fingerprint density at radius 2 is 2.00 bits per heavy atom. The highest BCUT2D eigenvalue weighted by molar-refractivity contribution is 5.51. The van der Waals surface area contributed by atoms with Gasteiger partial charge in [-0.3, -0.25) is 9.89 Å². The molecule has 2 rings (SSSR count). The third-order valence-electron chi connectivity index (χ3n) is 2.36. The highest BCUT2D eigenvalue weighted by Crippen LogP contribution is 2.28. The van der Waals surface area contributed by atoms with E-state index in [2.05, 4.69) is 20.4 Å². The first-order valence-corrected chi connectivity index (χ1v) is 5.63. The zero-order valence-electron chi connectivity index (χ0n) is 10.2. The minimum absolute atomic E-state index is 0.279. The van der Waals surface area contributed by atoms with Crippen molar-refractivity contribution in [3.05, 3.63) is 40.3 Å². The number of azo groups is 1. The number of hydrogen-bond acceptors (Lipinski definition) is 4. The summed E-state index contributed by atoms with van der Waals surface area (Å²) in [5, 5.41) is 13.1. The van der Waals surface area contributed by atoms with Gasteiger partial charge >= 0.3 is 0 Å². The number of aromatic amines is 2. The molecule has 94 valence electrons. The second-order valence-corrected chi connectivity index (χ2v) is 3.65. The summed E-state index contributed by atoms with van der Waals surface area (Å²) in [5.74, 6) is 0.647. The molecule has 0 bridgehead atoms. The molecule has 0 fully saturated rings. The molecule has 0 aliphatic rings. The topological polar surface area (TPSA) is 82.6 Å². The van der Waals surface area contributed by atoms with Crippen molar-refractivity contribution < 1.29 is 4.74 Å². The van der Waals surface area contributed by atoms with Crippen LogP contribution >= 0.6 is 0 Å². The summed E-state index contributed by atoms with van der Waals surface area (Å²) in [4.78, 5) is 11.4. The summed E-state index contributed by atoms with van der Waals surface area (Å²) in [7, 11) is 0. The molecule has 18 heavy (non-hydrogen) atoms. The van der Waals surface area contributed by atoms with Crippen LogP contribution in [0.1, 0.15) is 12.6 Å². The summed E-state index contributed by atoms with van der Waals surface area (Å²) in [6.45, 7) is 4.20. The molecule has 0 spiro atoms. The van der Waals surface area contributed by atoms with Crippen molar-refractivity contribution in [1.82, 2.24) is 10.2 Å². The molecule has 0 amide bonds. The molecule has 1 heterocycles. The van der Waals surface area contributed by atoms with Crippen LogP contribution in [0.2, 0.25) is 0 Å². The number of aryl methyl sites for hydroxylation is 1. The van der Waals surface area contributed by atoms with Crippen LogP contribution in [0.15, 0.2) is 39.3 Å². The Morgan fingerprint density at radius 3 is 2.67 bits per heavy atom. The first kappa shape index (κ1) is 12.1. The lowest BCUT2D eigenvalue weighted by Gasteiger charge is -2.04. The predicted octanol–water partition coefficient (Wildman–Crippen LogP) is 2.83. The number of aromatic nitrogens is 2. The van der Waals surface area contributed by atoms with E-state index >= 15 is 0 Å². The fraction of sp³-hybridized carbons (Fsp3) is 0.250. The van der Waals surface area contributed by atoms with E-state index < -0.39 is 0 Å². The maximum absolute atomic E-state index is 11.4. The number of hydrogen-bond donors (Lipinski definition) is 2. The lowest BCUT2D eigenvalue weighted by atomic mass is 10.3. The molecule has 0 radical (unpaired) electrons. The number of nitrogens with zero attached hydrogens (tertiary/aromatic N) is 2. The monoisotopic (exact) mass is 246 g/mol. The fourth-order valence-corrected chi connectivity index (χ4v) is 1.48. The van der Waals surface area contributed by atoms with Gasteiger partial charge in [0.1, 0.15) is 11.4 Å². The van der Waals surface area contributed by atoms with Crippen molar-refractivity contribution in [1.29, 1.82) is 0 Å². The number of H-pyrrole nitrogens is 2. The molecular weight excluding hydrogens is 232 g/mol. The molecular formula is C12H14N4O2. The van der Waals surface area contributed by atoms with Crippen LogP contribution in [0.25, 0.3) is 0 Å². The summed E-state index contributed by atoms with van der Waals surface area (Å²) >= 11 is 0. The van der Waals surface area contributed by atoms with Gasteiger partial charge in [-0.05, 0) is 26.0 Å². The Kier molecular flexibility index (Phi) is 3.57. The van der Waals surface area contributed by atoms with Gasteiger partial charge < -0.3 is 9.84 Å². The standard InChI is InChI=1S/C12H14N4O2/c1-3-18-10-7-5-4-6-9(10)14-15-11-8(2)13-16-12(11)17/h4-7H,3H2,1-2H3,(H2,13,16,17). The minimum atomic E-state index is -0.287. The van der Waals surface area contributed by atoms with Crippen LogP contribution in [0.3, 0.4) is 0 Å². The molecule has 1 aromatic carbocycles. The SMILES string of the molecule is CCOc1ccccc1N=Nc1c(C)[nH][nH]c1=O. The quantitative estimate of drug-likeness (QED) is 0.813. The molecule has 1 aromatic heterocycles.